The van der Waals surface area contributed by atoms with Gasteiger partial charge in [-0.05, 0) is 95.7 Å². The smallest absolute Gasteiger partial charge is 0.456 e. The van der Waals surface area contributed by atoms with E-state index < -0.39 is 78.2 Å². The molecule has 9 rings (SSSR count). The topological polar surface area (TPSA) is 398 Å². The highest BCUT2D eigenvalue weighted by Gasteiger charge is 2.51. The molecule has 4 aliphatic heterocycles. The molecule has 11 N–H and O–H groups in total. The van der Waals surface area contributed by atoms with Crippen molar-refractivity contribution in [2.24, 2.45) is 0 Å². The SMILES string of the molecule is CCN1c2cc3c(cc2C(C)=CC1(C)C)C(=CC=CC=CC1=[N+](CCCS(=O)(=O)O)c2ccc(S(=O)(=O)O)cc2C1(C)CCCC(=O)NCCCCCCNc1nc2c(N)ncnc2n1[C@@H]1O[C@H](COP(=O)(O)O)[C@@H](O)[C@H]1OP(=O)(O)O)C=C(c1ccccc1)O3. The Balaban J connectivity index is 0.870. The van der Waals surface area contributed by atoms with Gasteiger partial charge in [-0.2, -0.15) is 21.4 Å². The van der Waals surface area contributed by atoms with E-state index in [1.54, 1.807) is 6.07 Å². The van der Waals surface area contributed by atoms with Crippen molar-refractivity contribution in [1.29, 1.82) is 0 Å². The van der Waals surface area contributed by atoms with E-state index in [2.05, 4.69) is 80.9 Å². The fourth-order valence-corrected chi connectivity index (χ4v) is 14.1. The summed E-state index contributed by atoms with van der Waals surface area (Å²) in [6.45, 7) is 11.2. The second-order valence-corrected chi connectivity index (χ2v) is 28.7. The Morgan fingerprint density at radius 1 is 0.901 bits per heavy atom. The van der Waals surface area contributed by atoms with Crippen LogP contribution in [-0.4, -0.2) is 149 Å². The van der Waals surface area contributed by atoms with Crippen molar-refractivity contribution in [3.05, 3.63) is 132 Å². The molecule has 27 nitrogen and oxygen atoms in total. The molecule has 5 aromatic rings. The molecule has 5 atom stereocenters. The van der Waals surface area contributed by atoms with Crippen LogP contribution in [0, 0.1) is 0 Å². The molecule has 0 bridgehead atoms. The maximum atomic E-state index is 13.5. The normalized spacial score (nSPS) is 21.3. The monoisotopic (exact) mass is 1340 g/mol. The molecule has 490 valence electrons. The molecule has 0 aliphatic carbocycles. The third-order valence-electron chi connectivity index (χ3n) is 16.3. The number of benzene rings is 3. The molecule has 0 radical (unpaired) electrons. The number of nitrogens with two attached hydrogens (primary N) is 1. The quantitative estimate of drug-likeness (QED) is 0.00752. The van der Waals surface area contributed by atoms with Gasteiger partial charge in [0.05, 0.1) is 28.2 Å². The van der Waals surface area contributed by atoms with Crippen LogP contribution in [0.25, 0.3) is 28.1 Å². The summed E-state index contributed by atoms with van der Waals surface area (Å²) in [5, 5.41) is 17.1. The fraction of sp³-hybridized carbons (Fsp3) is 0.417. The number of hydrogen-bond donors (Lipinski definition) is 10. The van der Waals surface area contributed by atoms with Gasteiger partial charge in [0.2, 0.25) is 17.5 Å². The molecular formula is C60H76N9O18P2S2+. The van der Waals surface area contributed by atoms with E-state index in [0.717, 1.165) is 46.4 Å². The van der Waals surface area contributed by atoms with Crippen molar-refractivity contribution in [2.75, 3.05) is 54.5 Å². The summed E-state index contributed by atoms with van der Waals surface area (Å²) >= 11 is 0. The number of phosphoric ester groups is 2. The number of carbonyl (C=O) groups is 1. The number of anilines is 3. The van der Waals surface area contributed by atoms with Crippen molar-refractivity contribution < 1.29 is 87.6 Å². The highest BCUT2D eigenvalue weighted by atomic mass is 32.2. The predicted octanol–water partition coefficient (Wildman–Crippen LogP) is 7.75. The highest BCUT2D eigenvalue weighted by molar-refractivity contribution is 7.86. The number of likely N-dealkylation sites (N-methyl/N-ethyl adjacent to an activating group) is 1. The molecule has 3 aromatic carbocycles. The summed E-state index contributed by atoms with van der Waals surface area (Å²) in [6.07, 6.45) is 11.3. The number of aliphatic hydroxyl groups excluding tert-OH is 1. The van der Waals surface area contributed by atoms with Crippen LogP contribution in [0.4, 0.5) is 23.1 Å². The summed E-state index contributed by atoms with van der Waals surface area (Å²) < 4.78 is 118. The number of imidazole rings is 1. The molecule has 1 saturated heterocycles. The summed E-state index contributed by atoms with van der Waals surface area (Å²) in [6, 6.07) is 18.3. The van der Waals surface area contributed by atoms with E-state index >= 15 is 0 Å². The summed E-state index contributed by atoms with van der Waals surface area (Å²) in [4.78, 5) is 66.1. The lowest BCUT2D eigenvalue weighted by atomic mass is 9.75. The molecule has 6 heterocycles. The zero-order chi connectivity index (χ0) is 65.8. The highest BCUT2D eigenvalue weighted by Crippen LogP contribution is 2.50. The second kappa shape index (κ2) is 27.8. The van der Waals surface area contributed by atoms with Crippen LogP contribution in [0.2, 0.25) is 0 Å². The van der Waals surface area contributed by atoms with Crippen LogP contribution >= 0.6 is 15.6 Å². The first-order valence-electron chi connectivity index (χ1n) is 29.5. The maximum absolute atomic E-state index is 13.5. The van der Waals surface area contributed by atoms with Gasteiger partial charge in [-0.25, -0.2) is 24.1 Å². The van der Waals surface area contributed by atoms with Crippen molar-refractivity contribution in [3.63, 3.8) is 0 Å². The number of nitrogen functional groups attached to an aromatic ring is 1. The number of fused-ring (bicyclic) bond motifs is 4. The van der Waals surface area contributed by atoms with E-state index in [9.17, 15) is 64.5 Å². The average molecular weight is 1340 g/mol. The van der Waals surface area contributed by atoms with Gasteiger partial charge >= 0.3 is 15.6 Å². The number of nitrogens with one attached hydrogen (secondary N) is 2. The molecule has 31 heteroatoms. The lowest BCUT2D eigenvalue weighted by Crippen LogP contribution is -2.44. The standard InChI is InChI=1S/C60H75N9O18P2S2/c1-6-68-46-34-48-43(33-42(46)38(2)35-59(68,3)4)40(31-47(85-48)39-19-11-9-12-20-39)21-13-10-14-22-50-60(5,44-32-41(91(81,82)83)24-25-45(44)67(50)29-18-30-90(78,79)80)26-17-23-51(70)62-27-15-7-8-16-28-63-58-66-52-55(61)64-37-65-56(52)69(58)57-54(87-89(75,76)77)53(71)49(86-57)36-84-88(72,73)74/h9-14,19-22,24-25,31-35,37,49,53-54,57,71H,6-8,15-18,23,26-30,36H2,1-5H3,(H9-,61,62,63,64,65,66,70,72,73,74,75,76,77,78,79,80,81,82,83)/p+1/t49-,53-,54-,57-,60?/m1/s1. The minimum Gasteiger partial charge on any atom is -0.456 e. The van der Waals surface area contributed by atoms with Crippen molar-refractivity contribution in [1.82, 2.24) is 24.8 Å². The van der Waals surface area contributed by atoms with Crippen molar-refractivity contribution in [3.8, 4) is 5.75 Å². The Labute approximate surface area is 527 Å². The van der Waals surface area contributed by atoms with E-state index in [1.807, 2.05) is 78.3 Å². The first-order chi connectivity index (χ1) is 42.9. The Kier molecular flexibility index (Phi) is 21.0. The number of hydrogen-bond acceptors (Lipinski definition) is 18. The number of rotatable bonds is 28. The Bertz CT molecular complexity index is 4110. The van der Waals surface area contributed by atoms with Gasteiger partial charge in [0.25, 0.3) is 20.2 Å². The number of ether oxygens (including phenoxy) is 2. The van der Waals surface area contributed by atoms with Crippen LogP contribution in [0.3, 0.4) is 0 Å². The Morgan fingerprint density at radius 3 is 2.33 bits per heavy atom. The lowest BCUT2D eigenvalue weighted by Gasteiger charge is -2.43. The molecule has 0 saturated carbocycles. The van der Waals surface area contributed by atoms with Gasteiger partial charge in [0, 0.05) is 78.6 Å². The van der Waals surface area contributed by atoms with E-state index in [0.29, 0.717) is 73.5 Å². The third kappa shape index (κ3) is 16.3. The number of unbranched alkanes of at least 4 members (excludes halogenated alkanes) is 3. The fourth-order valence-electron chi connectivity index (χ4n) is 12.2. The summed E-state index contributed by atoms with van der Waals surface area (Å²) in [5.41, 5.74) is 12.8. The minimum absolute atomic E-state index is 0.00997. The lowest BCUT2D eigenvalue weighted by molar-refractivity contribution is -0.437. The number of carbonyl (C=O) groups excluding carboxylic acids is 1. The van der Waals surface area contributed by atoms with Crippen LogP contribution < -0.4 is 26.0 Å². The molecule has 4 aliphatic rings. The number of allylic oxidation sites excluding steroid dienone is 8. The largest absolute Gasteiger partial charge is 0.470 e. The van der Waals surface area contributed by atoms with Gasteiger partial charge in [-0.15, -0.1) is 0 Å². The molecule has 1 unspecified atom stereocenters. The van der Waals surface area contributed by atoms with Gasteiger partial charge < -0.3 is 55.4 Å². The molecule has 1 amide bonds. The first-order valence-corrected chi connectivity index (χ1v) is 35.6. The molecule has 1 fully saturated rings. The van der Waals surface area contributed by atoms with Gasteiger partial charge in [-0.1, -0.05) is 73.6 Å². The van der Waals surface area contributed by atoms with Gasteiger partial charge in [0.1, 0.15) is 42.7 Å². The second-order valence-electron chi connectivity index (χ2n) is 23.3. The maximum Gasteiger partial charge on any atom is 0.470 e. The number of amides is 1. The number of aliphatic hydroxyl groups is 1. The van der Waals surface area contributed by atoms with Crippen LogP contribution in [-0.2, 0) is 53.4 Å². The third-order valence-corrected chi connectivity index (χ3v) is 19.0. The zero-order valence-corrected chi connectivity index (χ0v) is 54.1. The van der Waals surface area contributed by atoms with Crippen LogP contribution in [0.1, 0.15) is 114 Å². The van der Waals surface area contributed by atoms with Crippen molar-refractivity contribution in [2.45, 2.75) is 126 Å². The Hall–Kier alpha value is -6.79. The van der Waals surface area contributed by atoms with Crippen LogP contribution in [0.5, 0.6) is 5.75 Å². The molecule has 2 aromatic heterocycles. The van der Waals surface area contributed by atoms with Gasteiger partial charge in [0.15, 0.2) is 28.9 Å². The first kappa shape index (κ1) is 68.6. The van der Waals surface area contributed by atoms with Crippen LogP contribution in [0.15, 0.2) is 114 Å². The molecular weight excluding hydrogens is 1260 g/mol. The predicted molar refractivity (Wildman–Crippen MR) is 341 cm³/mol. The Morgan fingerprint density at radius 2 is 1.64 bits per heavy atom. The van der Waals surface area contributed by atoms with E-state index in [-0.39, 0.29) is 65.2 Å². The molecule has 0 spiro atoms. The average Bonchev–Trinajstić information content (AvgIpc) is 1.73. The minimum atomic E-state index is -5.30. The van der Waals surface area contributed by atoms with E-state index in [1.165, 1.54) is 16.7 Å². The molecule has 91 heavy (non-hydrogen) atoms. The number of nitrogens with zero attached hydrogens (tertiary/aromatic N) is 6. The van der Waals surface area contributed by atoms with E-state index in [4.69, 9.17) is 19.7 Å². The van der Waals surface area contributed by atoms with Crippen molar-refractivity contribution >= 4 is 98.7 Å². The van der Waals surface area contributed by atoms with Gasteiger partial charge in [-0.3, -0.25) is 27.5 Å². The summed E-state index contributed by atoms with van der Waals surface area (Å²) in [7, 11) is -19.4. The number of aromatic nitrogens is 4. The zero-order valence-electron chi connectivity index (χ0n) is 50.7. The summed E-state index contributed by atoms with van der Waals surface area (Å²) in [5.74, 6) is 0.586. The number of phosphoric acid groups is 2.